The highest BCUT2D eigenvalue weighted by molar-refractivity contribution is 9.10. The molecule has 1 aliphatic heterocycles. The quantitative estimate of drug-likeness (QED) is 0.679. The molecule has 0 saturated heterocycles. The van der Waals surface area contributed by atoms with Gasteiger partial charge in [-0.3, -0.25) is 4.79 Å². The second kappa shape index (κ2) is 7.33. The number of carbonyl (C=O) groups is 1. The number of rotatable bonds is 5. The van der Waals surface area contributed by atoms with Gasteiger partial charge in [0.25, 0.3) is 5.91 Å². The maximum Gasteiger partial charge on any atom is 0.259 e. The largest absolute Gasteiger partial charge is 0.454 e. The van der Waals surface area contributed by atoms with Gasteiger partial charge in [-0.2, -0.15) is 0 Å². The molecule has 0 bridgehead atoms. The third-order valence-corrected chi connectivity index (χ3v) is 4.88. The third kappa shape index (κ3) is 3.51. The lowest BCUT2D eigenvalue weighted by Gasteiger charge is -2.17. The van der Waals surface area contributed by atoms with Crippen molar-refractivity contribution in [3.63, 3.8) is 0 Å². The number of pyridine rings is 1. The van der Waals surface area contributed by atoms with Crippen molar-refractivity contribution in [3.8, 4) is 0 Å². The summed E-state index contributed by atoms with van der Waals surface area (Å²) >= 11 is 3.29. The van der Waals surface area contributed by atoms with Crippen molar-refractivity contribution in [1.29, 1.82) is 0 Å². The second-order valence-electron chi connectivity index (χ2n) is 6.15. The van der Waals surface area contributed by atoms with Gasteiger partial charge in [0.2, 0.25) is 0 Å². The van der Waals surface area contributed by atoms with Crippen molar-refractivity contribution in [2.45, 2.75) is 12.8 Å². The molecule has 0 atom stereocenters. The van der Waals surface area contributed by atoms with E-state index >= 15 is 0 Å². The lowest BCUT2D eigenvalue weighted by atomic mass is 10.2. The van der Waals surface area contributed by atoms with E-state index in [0.717, 1.165) is 41.3 Å². The lowest BCUT2D eigenvalue weighted by Crippen LogP contribution is -2.28. The van der Waals surface area contributed by atoms with Crippen molar-refractivity contribution in [2.75, 3.05) is 23.3 Å². The molecule has 2 aromatic heterocycles. The number of amides is 1. The second-order valence-corrected chi connectivity index (χ2v) is 6.93. The number of aromatic nitrogens is 1. The van der Waals surface area contributed by atoms with Gasteiger partial charge < -0.3 is 14.6 Å². The molecule has 5 nitrogen and oxygen atoms in total. The highest BCUT2D eigenvalue weighted by Gasteiger charge is 2.25. The molecular formula is C20H18BrN3O2. The zero-order valence-corrected chi connectivity index (χ0v) is 15.7. The van der Waals surface area contributed by atoms with Crippen molar-refractivity contribution in [1.82, 2.24) is 4.98 Å². The zero-order chi connectivity index (χ0) is 17.9. The fourth-order valence-corrected chi connectivity index (χ4v) is 3.47. The summed E-state index contributed by atoms with van der Waals surface area (Å²) in [7, 11) is 0. The summed E-state index contributed by atoms with van der Waals surface area (Å²) in [6, 6.07) is 15.5. The molecular weight excluding hydrogens is 394 g/mol. The number of fused-ring (bicyclic) bond motifs is 1. The maximum absolute atomic E-state index is 12.8. The fourth-order valence-electron chi connectivity index (χ4n) is 3.13. The van der Waals surface area contributed by atoms with Crippen molar-refractivity contribution >= 4 is 33.3 Å². The molecule has 0 radical (unpaired) electrons. The monoisotopic (exact) mass is 411 g/mol. The Morgan fingerprint density at radius 2 is 2.08 bits per heavy atom. The Hall–Kier alpha value is -2.60. The first-order valence-electron chi connectivity index (χ1n) is 8.54. The number of para-hydroxylation sites is 1. The average Bonchev–Trinajstić information content (AvgIpc) is 3.28. The van der Waals surface area contributed by atoms with Crippen LogP contribution in [-0.4, -0.2) is 24.0 Å². The Bertz CT molecular complexity index is 921. The number of carbonyl (C=O) groups excluding carboxylic acids is 1. The first-order chi connectivity index (χ1) is 12.7. The van der Waals surface area contributed by atoms with Gasteiger partial charge in [0, 0.05) is 31.4 Å². The molecule has 3 heterocycles. The van der Waals surface area contributed by atoms with E-state index in [4.69, 9.17) is 4.42 Å². The number of anilines is 2. The van der Waals surface area contributed by atoms with E-state index in [-0.39, 0.29) is 5.91 Å². The molecule has 1 aromatic carbocycles. The van der Waals surface area contributed by atoms with Crippen LogP contribution in [0.2, 0.25) is 0 Å². The molecule has 1 N–H and O–H groups in total. The van der Waals surface area contributed by atoms with Crippen molar-refractivity contribution in [3.05, 3.63) is 76.3 Å². The number of halogens is 1. The highest BCUT2D eigenvalue weighted by atomic mass is 79.9. The van der Waals surface area contributed by atoms with Gasteiger partial charge in [0.05, 0.1) is 5.56 Å². The Labute approximate surface area is 160 Å². The molecule has 4 rings (SSSR count). The number of nitrogens with one attached hydrogen (secondary N) is 1. The van der Waals surface area contributed by atoms with Crippen LogP contribution < -0.4 is 10.2 Å². The third-order valence-electron chi connectivity index (χ3n) is 4.45. The SMILES string of the molecule is O=C(c1ccc(NCCc2ccc(Br)o2)nc1)N1CCc2ccccc21. The number of furan rings is 1. The summed E-state index contributed by atoms with van der Waals surface area (Å²) in [6.45, 7) is 1.43. The molecule has 6 heteroatoms. The number of nitrogens with zero attached hydrogens (tertiary/aromatic N) is 2. The van der Waals surface area contributed by atoms with Gasteiger partial charge in [0.1, 0.15) is 11.6 Å². The maximum atomic E-state index is 12.8. The van der Waals surface area contributed by atoms with Crippen molar-refractivity contribution in [2.24, 2.45) is 0 Å². The minimum absolute atomic E-state index is 0.00515. The zero-order valence-electron chi connectivity index (χ0n) is 14.1. The van der Waals surface area contributed by atoms with Crippen LogP contribution in [0.15, 0.2) is 63.8 Å². The highest BCUT2D eigenvalue weighted by Crippen LogP contribution is 2.28. The van der Waals surface area contributed by atoms with E-state index in [1.807, 2.05) is 47.4 Å². The number of hydrogen-bond acceptors (Lipinski definition) is 4. The van der Waals surface area contributed by atoms with Gasteiger partial charge in [-0.15, -0.1) is 0 Å². The molecule has 1 aliphatic rings. The first-order valence-corrected chi connectivity index (χ1v) is 9.34. The molecule has 26 heavy (non-hydrogen) atoms. The van der Waals surface area contributed by atoms with Crippen LogP contribution in [-0.2, 0) is 12.8 Å². The average molecular weight is 412 g/mol. The van der Waals surface area contributed by atoms with Crippen LogP contribution in [0, 0.1) is 0 Å². The van der Waals surface area contributed by atoms with Gasteiger partial charge >= 0.3 is 0 Å². The van der Waals surface area contributed by atoms with Gasteiger partial charge in [-0.25, -0.2) is 4.98 Å². The van der Waals surface area contributed by atoms with E-state index < -0.39 is 0 Å². The summed E-state index contributed by atoms with van der Waals surface area (Å²) in [5.74, 6) is 1.65. The number of benzene rings is 1. The molecule has 0 spiro atoms. The summed E-state index contributed by atoms with van der Waals surface area (Å²) in [5, 5.41) is 3.24. The molecule has 3 aromatic rings. The van der Waals surface area contributed by atoms with Crippen LogP contribution in [0.5, 0.6) is 0 Å². The normalized spacial score (nSPS) is 12.9. The van der Waals surface area contributed by atoms with E-state index in [1.165, 1.54) is 5.56 Å². The van der Waals surface area contributed by atoms with Crippen LogP contribution in [0.25, 0.3) is 0 Å². The first kappa shape index (κ1) is 16.8. The molecule has 1 amide bonds. The molecule has 0 saturated carbocycles. The van der Waals surface area contributed by atoms with Gasteiger partial charge in [-0.05, 0) is 58.2 Å². The summed E-state index contributed by atoms with van der Waals surface area (Å²) in [5.41, 5.74) is 2.82. The van der Waals surface area contributed by atoms with E-state index in [1.54, 1.807) is 6.20 Å². The molecule has 132 valence electrons. The minimum Gasteiger partial charge on any atom is -0.454 e. The fraction of sp³-hybridized carbons (Fsp3) is 0.200. The summed E-state index contributed by atoms with van der Waals surface area (Å²) < 4.78 is 6.20. The lowest BCUT2D eigenvalue weighted by molar-refractivity contribution is 0.0989. The molecule has 0 aliphatic carbocycles. The van der Waals surface area contributed by atoms with Crippen molar-refractivity contribution < 1.29 is 9.21 Å². The Balaban J connectivity index is 1.37. The number of hydrogen-bond donors (Lipinski definition) is 1. The standard InChI is InChI=1S/C20H18BrN3O2/c21-18-7-6-16(26-18)9-11-22-19-8-5-15(13-23-19)20(25)24-12-10-14-3-1-2-4-17(14)24/h1-8,13H,9-12H2,(H,22,23). The van der Waals surface area contributed by atoms with Crippen LogP contribution in [0.1, 0.15) is 21.7 Å². The molecule has 0 fully saturated rings. The Morgan fingerprint density at radius 1 is 1.19 bits per heavy atom. The Morgan fingerprint density at radius 3 is 2.85 bits per heavy atom. The Kier molecular flexibility index (Phi) is 4.75. The van der Waals surface area contributed by atoms with Crippen LogP contribution in [0.3, 0.4) is 0 Å². The van der Waals surface area contributed by atoms with E-state index in [0.29, 0.717) is 12.1 Å². The predicted octanol–water partition coefficient (Wildman–Crippen LogP) is 4.29. The van der Waals surface area contributed by atoms with E-state index in [9.17, 15) is 4.79 Å². The van der Waals surface area contributed by atoms with Gasteiger partial charge in [0.15, 0.2) is 4.67 Å². The van der Waals surface area contributed by atoms with Gasteiger partial charge in [-0.1, -0.05) is 18.2 Å². The smallest absolute Gasteiger partial charge is 0.259 e. The predicted molar refractivity (Wildman–Crippen MR) is 105 cm³/mol. The summed E-state index contributed by atoms with van der Waals surface area (Å²) in [6.07, 6.45) is 3.30. The summed E-state index contributed by atoms with van der Waals surface area (Å²) in [4.78, 5) is 19.0. The molecule has 0 unspecified atom stereocenters. The van der Waals surface area contributed by atoms with Crippen LogP contribution in [0.4, 0.5) is 11.5 Å². The topological polar surface area (TPSA) is 58.4 Å². The minimum atomic E-state index is -0.00515. The van der Waals surface area contributed by atoms with E-state index in [2.05, 4.69) is 32.3 Å². The van der Waals surface area contributed by atoms with Crippen LogP contribution >= 0.6 is 15.9 Å².